The largest absolute Gasteiger partial charge is 0.480 e. The van der Waals surface area contributed by atoms with Gasteiger partial charge in [-0.25, -0.2) is 13.6 Å². The van der Waals surface area contributed by atoms with Crippen molar-refractivity contribution < 1.29 is 49.8 Å². The molecule has 1 heterocycles. The lowest BCUT2D eigenvalue weighted by atomic mass is 9.94. The van der Waals surface area contributed by atoms with Gasteiger partial charge in [-0.15, -0.1) is 0 Å². The number of halogens is 9. The quantitative estimate of drug-likeness (QED) is 0.175. The number of nitriles is 1. The smallest absolute Gasteiger partial charge is 0.417 e. The standard InChI is InChI=1S/C29H17ClF8N4O3/c30-19-8-13(12-39)3-5-17(19)18-6-4-14(16-2-1-7-40-24(16)18)9-22(26(44)45)42-25(43)23-20(31)10-15(11-21(23)32)41-27(28(33,34)35)29(36,37)38/h1-8,10-11,22,27,41H,9H2,(H,42,43)(H,44,45). The van der Waals surface area contributed by atoms with Gasteiger partial charge in [-0.2, -0.15) is 31.6 Å². The van der Waals surface area contributed by atoms with E-state index in [2.05, 4.69) is 4.98 Å². The molecule has 3 N–H and O–H groups in total. The molecule has 0 aliphatic heterocycles. The van der Waals surface area contributed by atoms with Gasteiger partial charge < -0.3 is 15.7 Å². The van der Waals surface area contributed by atoms with Crippen molar-refractivity contribution in [1.29, 1.82) is 5.26 Å². The third-order valence-electron chi connectivity index (χ3n) is 6.51. The second-order valence-electron chi connectivity index (χ2n) is 9.52. The number of anilines is 1. The highest BCUT2D eigenvalue weighted by Gasteiger charge is 2.57. The molecular formula is C29H17ClF8N4O3. The van der Waals surface area contributed by atoms with Crippen LogP contribution in [-0.2, 0) is 11.2 Å². The van der Waals surface area contributed by atoms with Crippen molar-refractivity contribution in [3.63, 3.8) is 0 Å². The van der Waals surface area contributed by atoms with Crippen LogP contribution in [0.1, 0.15) is 21.5 Å². The number of pyridine rings is 1. The van der Waals surface area contributed by atoms with Crippen molar-refractivity contribution in [2.24, 2.45) is 0 Å². The minimum Gasteiger partial charge on any atom is -0.480 e. The van der Waals surface area contributed by atoms with Gasteiger partial charge >= 0.3 is 18.3 Å². The van der Waals surface area contributed by atoms with E-state index in [4.69, 9.17) is 16.9 Å². The third kappa shape index (κ3) is 7.23. The second kappa shape index (κ2) is 12.6. The summed E-state index contributed by atoms with van der Waals surface area (Å²) in [5.74, 6) is -6.95. The van der Waals surface area contributed by atoms with Crippen LogP contribution in [0.2, 0.25) is 5.02 Å². The van der Waals surface area contributed by atoms with Gasteiger partial charge in [-0.1, -0.05) is 35.9 Å². The number of nitrogens with one attached hydrogen (secondary N) is 2. The SMILES string of the molecule is N#Cc1ccc(-c2ccc(CC(NC(=O)c3c(F)cc(NC(C(F)(F)F)C(F)(F)F)cc3F)C(=O)O)c3cccnc23)c(Cl)c1. The van der Waals surface area contributed by atoms with Crippen LogP contribution in [0.15, 0.2) is 60.8 Å². The van der Waals surface area contributed by atoms with E-state index in [0.29, 0.717) is 33.2 Å². The molecule has 0 fully saturated rings. The summed E-state index contributed by atoms with van der Waals surface area (Å²) in [4.78, 5) is 29.1. The average molecular weight is 657 g/mol. The first-order valence-corrected chi connectivity index (χ1v) is 12.9. The fourth-order valence-corrected chi connectivity index (χ4v) is 4.75. The van der Waals surface area contributed by atoms with Gasteiger partial charge in [0, 0.05) is 39.8 Å². The number of carboxylic acids is 1. The number of hydrogen-bond acceptors (Lipinski definition) is 5. The zero-order valence-electron chi connectivity index (χ0n) is 22.2. The number of amides is 1. The molecule has 0 aliphatic carbocycles. The molecule has 1 amide bonds. The summed E-state index contributed by atoms with van der Waals surface area (Å²) in [7, 11) is 0. The topological polar surface area (TPSA) is 115 Å². The van der Waals surface area contributed by atoms with E-state index >= 15 is 0 Å². The number of carboxylic acid groups (broad SMARTS) is 1. The van der Waals surface area contributed by atoms with E-state index in [-0.39, 0.29) is 17.2 Å². The van der Waals surface area contributed by atoms with Crippen LogP contribution >= 0.6 is 11.6 Å². The summed E-state index contributed by atoms with van der Waals surface area (Å²) in [5, 5.41) is 22.4. The number of benzene rings is 3. The zero-order valence-corrected chi connectivity index (χ0v) is 23.0. The lowest BCUT2D eigenvalue weighted by molar-refractivity contribution is -0.242. The Balaban J connectivity index is 1.62. The average Bonchev–Trinajstić information content (AvgIpc) is 2.94. The van der Waals surface area contributed by atoms with Crippen molar-refractivity contribution in [2.75, 3.05) is 5.32 Å². The molecule has 0 bridgehead atoms. The maximum atomic E-state index is 14.7. The second-order valence-corrected chi connectivity index (χ2v) is 9.93. The van der Waals surface area contributed by atoms with Crippen LogP contribution in [0, 0.1) is 23.0 Å². The molecule has 7 nitrogen and oxygen atoms in total. The lowest BCUT2D eigenvalue weighted by Crippen LogP contribution is -2.48. The van der Waals surface area contributed by atoms with Crippen LogP contribution in [0.25, 0.3) is 22.0 Å². The molecule has 1 unspecified atom stereocenters. The molecule has 0 radical (unpaired) electrons. The number of fused-ring (bicyclic) bond motifs is 1. The molecule has 1 aromatic heterocycles. The van der Waals surface area contributed by atoms with Gasteiger partial charge in [-0.05, 0) is 35.9 Å². The first-order valence-electron chi connectivity index (χ1n) is 12.5. The Kier molecular flexibility index (Phi) is 9.19. The van der Waals surface area contributed by atoms with Gasteiger partial charge in [0.1, 0.15) is 23.2 Å². The Morgan fingerprint density at radius 3 is 2.13 bits per heavy atom. The summed E-state index contributed by atoms with van der Waals surface area (Å²) < 4.78 is 106. The van der Waals surface area contributed by atoms with Crippen molar-refractivity contribution in [3.05, 3.63) is 94.1 Å². The van der Waals surface area contributed by atoms with Gasteiger partial charge in [0.15, 0.2) is 0 Å². The zero-order chi connectivity index (χ0) is 33.3. The van der Waals surface area contributed by atoms with Gasteiger partial charge in [0.05, 0.1) is 17.1 Å². The molecule has 3 aromatic carbocycles. The van der Waals surface area contributed by atoms with Crippen LogP contribution < -0.4 is 10.6 Å². The van der Waals surface area contributed by atoms with Crippen LogP contribution in [0.5, 0.6) is 0 Å². The highest BCUT2D eigenvalue weighted by molar-refractivity contribution is 6.33. The number of aliphatic carboxylic acids is 1. The van der Waals surface area contributed by atoms with Gasteiger partial charge in [0.25, 0.3) is 5.91 Å². The van der Waals surface area contributed by atoms with E-state index in [1.54, 1.807) is 24.3 Å². The number of aromatic nitrogens is 1. The van der Waals surface area contributed by atoms with Gasteiger partial charge in [0.2, 0.25) is 6.04 Å². The summed E-state index contributed by atoms with van der Waals surface area (Å²) in [6.45, 7) is 0. The van der Waals surface area contributed by atoms with E-state index in [1.165, 1.54) is 24.4 Å². The molecular weight excluding hydrogens is 640 g/mol. The Bertz CT molecular complexity index is 1800. The fraction of sp³-hybridized carbons (Fsp3) is 0.172. The Hall–Kier alpha value is -4.97. The molecule has 234 valence electrons. The van der Waals surface area contributed by atoms with Crippen LogP contribution in [0.3, 0.4) is 0 Å². The third-order valence-corrected chi connectivity index (χ3v) is 6.82. The number of rotatable bonds is 8. The van der Waals surface area contributed by atoms with Crippen molar-refractivity contribution in [1.82, 2.24) is 10.3 Å². The van der Waals surface area contributed by atoms with Crippen molar-refractivity contribution in [3.8, 4) is 17.2 Å². The van der Waals surface area contributed by atoms with Gasteiger partial charge in [-0.3, -0.25) is 9.78 Å². The number of alkyl halides is 6. The van der Waals surface area contributed by atoms with E-state index in [0.717, 1.165) is 5.32 Å². The first-order chi connectivity index (χ1) is 21.0. The number of carbonyl (C=O) groups is 2. The predicted octanol–water partition coefficient (Wildman–Crippen LogP) is 7.04. The molecule has 4 aromatic rings. The summed E-state index contributed by atoms with van der Waals surface area (Å²) in [5.41, 5.74) is -0.663. The van der Waals surface area contributed by atoms with E-state index in [1.807, 2.05) is 11.4 Å². The fourth-order valence-electron chi connectivity index (χ4n) is 4.47. The highest BCUT2D eigenvalue weighted by Crippen LogP contribution is 2.37. The van der Waals surface area contributed by atoms with E-state index in [9.17, 15) is 49.8 Å². The molecule has 0 aliphatic rings. The number of nitrogens with zero attached hydrogens (tertiary/aromatic N) is 2. The molecule has 0 saturated heterocycles. The predicted molar refractivity (Wildman–Crippen MR) is 145 cm³/mol. The normalized spacial score (nSPS) is 12.6. The minimum atomic E-state index is -5.87. The number of hydrogen-bond donors (Lipinski definition) is 3. The molecule has 16 heteroatoms. The van der Waals surface area contributed by atoms with Crippen LogP contribution in [0.4, 0.5) is 40.8 Å². The Morgan fingerprint density at radius 2 is 1.58 bits per heavy atom. The van der Waals surface area contributed by atoms with E-state index < -0.39 is 65.6 Å². The Morgan fingerprint density at radius 1 is 0.956 bits per heavy atom. The highest BCUT2D eigenvalue weighted by atomic mass is 35.5. The van der Waals surface area contributed by atoms with Crippen molar-refractivity contribution >= 4 is 40.1 Å². The molecule has 4 rings (SSSR count). The molecule has 1 atom stereocenters. The monoisotopic (exact) mass is 656 g/mol. The van der Waals surface area contributed by atoms with Crippen LogP contribution in [-0.4, -0.2) is 46.4 Å². The Labute approximate surface area is 253 Å². The summed E-state index contributed by atoms with van der Waals surface area (Å²) >= 11 is 6.35. The summed E-state index contributed by atoms with van der Waals surface area (Å²) in [6.07, 6.45) is -10.7. The lowest BCUT2D eigenvalue weighted by Gasteiger charge is -2.25. The summed E-state index contributed by atoms with van der Waals surface area (Å²) in [6, 6.07) is 6.88. The minimum absolute atomic E-state index is 0.0461. The molecule has 0 spiro atoms. The molecule has 45 heavy (non-hydrogen) atoms. The van der Waals surface area contributed by atoms with Crippen molar-refractivity contribution in [2.45, 2.75) is 30.9 Å². The maximum absolute atomic E-state index is 14.7. The molecule has 0 saturated carbocycles. The first kappa shape index (κ1) is 32.9. The number of carbonyl (C=O) groups excluding carboxylic acids is 1. The maximum Gasteiger partial charge on any atom is 0.417 e.